The number of rotatable bonds is 6. The number of anilines is 2. The lowest BCUT2D eigenvalue weighted by Gasteiger charge is -2.13. The molecule has 0 aliphatic rings. The molecule has 1 aromatic heterocycles. The third-order valence-electron chi connectivity index (χ3n) is 2.74. The molecule has 1 heterocycles. The average molecular weight is 312 g/mol. The summed E-state index contributed by atoms with van der Waals surface area (Å²) < 4.78 is 0. The summed E-state index contributed by atoms with van der Waals surface area (Å²) in [5.41, 5.74) is 1.48. The third-order valence-corrected chi connectivity index (χ3v) is 2.74. The molecule has 0 fully saturated rings. The molecule has 118 valence electrons. The van der Waals surface area contributed by atoms with Gasteiger partial charge in [0.05, 0.1) is 17.9 Å². The number of allylic oxidation sites excluding steroid dienone is 1. The Morgan fingerprint density at radius 2 is 2.13 bits per heavy atom. The monoisotopic (exact) mass is 312 g/mol. The first-order valence-electron chi connectivity index (χ1n) is 6.74. The minimum absolute atomic E-state index is 0.132. The molecule has 1 amide bonds. The van der Waals surface area contributed by atoms with Crippen LogP contribution in [0.25, 0.3) is 5.57 Å². The van der Waals surface area contributed by atoms with Crippen LogP contribution in [0.1, 0.15) is 5.82 Å². The fourth-order valence-electron chi connectivity index (χ4n) is 1.77. The first-order chi connectivity index (χ1) is 11.1. The number of aromatic amines is 1. The molecule has 0 radical (unpaired) electrons. The van der Waals surface area contributed by atoms with Gasteiger partial charge in [-0.1, -0.05) is 12.1 Å². The summed E-state index contributed by atoms with van der Waals surface area (Å²) in [4.78, 5) is 13.6. The fourth-order valence-corrected chi connectivity index (χ4v) is 1.77. The first kappa shape index (κ1) is 16.1. The van der Waals surface area contributed by atoms with Gasteiger partial charge in [-0.2, -0.15) is 10.5 Å². The highest BCUT2D eigenvalue weighted by Gasteiger charge is 2.09. The van der Waals surface area contributed by atoms with Crippen LogP contribution in [0.5, 0.6) is 0 Å². The Morgan fingerprint density at radius 3 is 2.74 bits per heavy atom. The molecule has 2 rings (SSSR count). The number of carbonyl (C=O) groups is 1. The van der Waals surface area contributed by atoms with Crippen LogP contribution in [0.3, 0.4) is 0 Å². The lowest BCUT2D eigenvalue weighted by molar-refractivity contribution is -0.116. The quantitative estimate of drug-likeness (QED) is 0.670. The molecule has 0 spiro atoms. The number of benzene rings is 1. The fraction of sp³-hybridized carbons (Fsp3) is 0.214. The van der Waals surface area contributed by atoms with Gasteiger partial charge in [-0.3, -0.25) is 4.79 Å². The highest BCUT2D eigenvalue weighted by Crippen LogP contribution is 2.21. The summed E-state index contributed by atoms with van der Waals surface area (Å²) in [5, 5.41) is 28.1. The van der Waals surface area contributed by atoms with E-state index in [9.17, 15) is 4.79 Å². The summed E-state index contributed by atoms with van der Waals surface area (Å²) >= 11 is 0. The molecule has 0 saturated heterocycles. The number of hydrogen-bond acceptors (Lipinski definition) is 7. The maximum absolute atomic E-state index is 11.9. The largest absolute Gasteiger partial charge is 0.359 e. The number of para-hydroxylation sites is 2. The van der Waals surface area contributed by atoms with Crippen molar-refractivity contribution in [2.24, 2.45) is 0 Å². The van der Waals surface area contributed by atoms with E-state index in [1.807, 2.05) is 32.3 Å². The molecule has 0 saturated carbocycles. The van der Waals surface area contributed by atoms with E-state index in [2.05, 4.69) is 31.3 Å². The van der Waals surface area contributed by atoms with Crippen LogP contribution in [0, 0.1) is 11.3 Å². The van der Waals surface area contributed by atoms with Crippen molar-refractivity contribution in [2.45, 2.75) is 0 Å². The molecule has 9 heteroatoms. The van der Waals surface area contributed by atoms with Gasteiger partial charge in [0, 0.05) is 6.20 Å². The molecule has 0 unspecified atom stereocenters. The van der Waals surface area contributed by atoms with E-state index < -0.39 is 0 Å². The minimum atomic E-state index is -0.132. The third kappa shape index (κ3) is 4.62. The number of aromatic nitrogens is 4. The van der Waals surface area contributed by atoms with Gasteiger partial charge in [0.2, 0.25) is 11.7 Å². The second kappa shape index (κ2) is 7.67. The van der Waals surface area contributed by atoms with Crippen molar-refractivity contribution in [3.8, 4) is 6.07 Å². The van der Waals surface area contributed by atoms with Gasteiger partial charge in [-0.25, -0.2) is 0 Å². The van der Waals surface area contributed by atoms with Crippen molar-refractivity contribution < 1.29 is 4.79 Å². The van der Waals surface area contributed by atoms with Gasteiger partial charge in [0.15, 0.2) is 0 Å². The topological polar surface area (TPSA) is 123 Å². The Hall–Kier alpha value is -3.25. The molecule has 3 N–H and O–H groups in total. The van der Waals surface area contributed by atoms with Crippen LogP contribution in [0.15, 0.2) is 30.5 Å². The second-order valence-electron chi connectivity index (χ2n) is 4.88. The van der Waals surface area contributed by atoms with Crippen LogP contribution in [0.2, 0.25) is 0 Å². The number of tetrazole rings is 1. The maximum Gasteiger partial charge on any atom is 0.238 e. The van der Waals surface area contributed by atoms with Crippen LogP contribution in [0.4, 0.5) is 11.4 Å². The molecular weight excluding hydrogens is 296 g/mol. The van der Waals surface area contributed by atoms with Crippen LogP contribution < -0.4 is 10.6 Å². The highest BCUT2D eigenvalue weighted by molar-refractivity contribution is 5.95. The van der Waals surface area contributed by atoms with E-state index in [4.69, 9.17) is 5.26 Å². The molecule has 23 heavy (non-hydrogen) atoms. The van der Waals surface area contributed by atoms with E-state index in [-0.39, 0.29) is 23.8 Å². The lowest BCUT2D eigenvalue weighted by atomic mass is 10.2. The Labute approximate surface area is 133 Å². The van der Waals surface area contributed by atoms with E-state index >= 15 is 0 Å². The van der Waals surface area contributed by atoms with Crippen LogP contribution in [-0.4, -0.2) is 52.1 Å². The van der Waals surface area contributed by atoms with Crippen LogP contribution >= 0.6 is 0 Å². The molecular formula is C14H16N8O. The van der Waals surface area contributed by atoms with E-state index in [1.165, 1.54) is 6.20 Å². The number of hydrogen-bond donors (Lipinski definition) is 3. The standard InChI is InChI=1S/C14H16N8O/c1-22(2)9-13(23)17-12-6-4-3-5-11(12)16-8-10(7-15)14-18-20-21-19-14/h3-6,8,16H,9H2,1-2H3,(H,17,23)(H,18,19,20,21). The SMILES string of the molecule is CN(C)CC(=O)Nc1ccccc1NC=C(C#N)c1nn[nH]n1. The molecule has 2 aromatic rings. The molecule has 0 bridgehead atoms. The number of H-pyrrole nitrogens is 1. The summed E-state index contributed by atoms with van der Waals surface area (Å²) in [6.45, 7) is 0.274. The van der Waals surface area contributed by atoms with Crippen molar-refractivity contribution >= 4 is 22.9 Å². The number of nitrogens with zero attached hydrogens (tertiary/aromatic N) is 5. The van der Waals surface area contributed by atoms with Crippen molar-refractivity contribution in [2.75, 3.05) is 31.3 Å². The van der Waals surface area contributed by atoms with Crippen LogP contribution in [-0.2, 0) is 4.79 Å². The zero-order valence-electron chi connectivity index (χ0n) is 12.7. The zero-order valence-corrected chi connectivity index (χ0v) is 12.7. The zero-order chi connectivity index (χ0) is 16.7. The Kier molecular flexibility index (Phi) is 5.38. The van der Waals surface area contributed by atoms with Gasteiger partial charge >= 0.3 is 0 Å². The summed E-state index contributed by atoms with van der Waals surface area (Å²) in [6, 6.07) is 9.16. The summed E-state index contributed by atoms with van der Waals surface area (Å²) in [5.74, 6) is 0.0565. The minimum Gasteiger partial charge on any atom is -0.359 e. The van der Waals surface area contributed by atoms with Crippen molar-refractivity contribution in [1.29, 1.82) is 5.26 Å². The Morgan fingerprint density at radius 1 is 1.39 bits per heavy atom. The average Bonchev–Trinajstić information content (AvgIpc) is 3.03. The number of carbonyl (C=O) groups excluding carboxylic acids is 1. The number of likely N-dealkylation sites (N-methyl/N-ethyl adjacent to an activating group) is 1. The van der Waals surface area contributed by atoms with Crippen molar-refractivity contribution in [3.05, 3.63) is 36.3 Å². The summed E-state index contributed by atoms with van der Waals surface area (Å²) in [7, 11) is 3.63. The van der Waals surface area contributed by atoms with Gasteiger partial charge in [-0.05, 0) is 31.4 Å². The predicted molar refractivity (Wildman–Crippen MR) is 85.0 cm³/mol. The smallest absolute Gasteiger partial charge is 0.238 e. The number of nitrogens with one attached hydrogen (secondary N) is 3. The highest BCUT2D eigenvalue weighted by atomic mass is 16.2. The lowest BCUT2D eigenvalue weighted by Crippen LogP contribution is -2.27. The second-order valence-corrected chi connectivity index (χ2v) is 4.88. The van der Waals surface area contributed by atoms with Gasteiger partial charge in [-0.15, -0.1) is 10.2 Å². The molecule has 0 aliphatic carbocycles. The van der Waals surface area contributed by atoms with Gasteiger partial charge < -0.3 is 15.5 Å². The molecule has 1 aromatic carbocycles. The Balaban J connectivity index is 2.14. The van der Waals surface area contributed by atoms with E-state index in [0.717, 1.165) is 0 Å². The van der Waals surface area contributed by atoms with Crippen molar-refractivity contribution in [1.82, 2.24) is 25.5 Å². The predicted octanol–water partition coefficient (Wildman–Crippen LogP) is 0.676. The van der Waals surface area contributed by atoms with E-state index in [1.54, 1.807) is 17.0 Å². The number of amides is 1. The van der Waals surface area contributed by atoms with Gasteiger partial charge in [0.1, 0.15) is 11.6 Å². The maximum atomic E-state index is 11.9. The number of nitriles is 1. The summed E-state index contributed by atoms with van der Waals surface area (Å²) in [6.07, 6.45) is 1.46. The molecule has 9 nitrogen and oxygen atoms in total. The first-order valence-corrected chi connectivity index (χ1v) is 6.74. The molecule has 0 aliphatic heterocycles. The van der Waals surface area contributed by atoms with Crippen molar-refractivity contribution in [3.63, 3.8) is 0 Å². The van der Waals surface area contributed by atoms with Gasteiger partial charge in [0.25, 0.3) is 0 Å². The Bertz CT molecular complexity index is 729. The molecule has 0 atom stereocenters. The normalized spacial score (nSPS) is 11.1. The van der Waals surface area contributed by atoms with E-state index in [0.29, 0.717) is 11.4 Å².